The third kappa shape index (κ3) is 5.33. The molecule has 7 N–H and O–H groups in total. The van der Waals surface area contributed by atoms with E-state index in [0.717, 1.165) is 47.9 Å². The summed E-state index contributed by atoms with van der Waals surface area (Å²) >= 11 is 0. The number of rotatable bonds is 9. The molecule has 0 atom stereocenters. The summed E-state index contributed by atoms with van der Waals surface area (Å²) in [5.74, 6) is 0. The predicted molar refractivity (Wildman–Crippen MR) is 124 cm³/mol. The number of hydrogen-bond donors (Lipinski definition) is 5. The Balaban J connectivity index is 1.76. The Labute approximate surface area is 172 Å². The van der Waals surface area contributed by atoms with E-state index in [1.54, 1.807) is 6.07 Å². The molecule has 0 saturated carbocycles. The van der Waals surface area contributed by atoms with E-state index in [9.17, 15) is 0 Å². The second-order valence-corrected chi connectivity index (χ2v) is 6.85. The summed E-state index contributed by atoms with van der Waals surface area (Å²) in [6.07, 6.45) is 0.757. The van der Waals surface area contributed by atoms with Gasteiger partial charge >= 0.3 is 0 Å². The number of aliphatic hydroxyl groups is 1. The molecule has 0 fully saturated rings. The topological polar surface area (TPSA) is 99.6 Å². The molecule has 0 aliphatic rings. The van der Waals surface area contributed by atoms with Gasteiger partial charge in [0.1, 0.15) is 0 Å². The van der Waals surface area contributed by atoms with Crippen molar-refractivity contribution in [3.8, 4) is 0 Å². The lowest BCUT2D eigenvalue weighted by Gasteiger charge is -2.23. The van der Waals surface area contributed by atoms with Crippen LogP contribution in [-0.4, -0.2) is 24.8 Å². The fourth-order valence-corrected chi connectivity index (χ4v) is 3.17. The van der Waals surface area contributed by atoms with Crippen LogP contribution in [0.5, 0.6) is 0 Å². The van der Waals surface area contributed by atoms with Gasteiger partial charge in [-0.2, -0.15) is 0 Å². The molecule has 0 aromatic heterocycles. The molecular weight excluding hydrogens is 362 g/mol. The van der Waals surface area contributed by atoms with Crippen LogP contribution in [0, 0.1) is 0 Å². The fraction of sp³-hybridized carbons (Fsp3) is 0.217. The first-order chi connectivity index (χ1) is 14.1. The van der Waals surface area contributed by atoms with Gasteiger partial charge in [0.25, 0.3) is 0 Å². The quantitative estimate of drug-likeness (QED) is 0.343. The summed E-state index contributed by atoms with van der Waals surface area (Å²) in [6.45, 7) is 4.04. The van der Waals surface area contributed by atoms with Crippen molar-refractivity contribution in [1.82, 2.24) is 0 Å². The SMILES string of the molecule is CCN(CCCO)c1ccc(Nc2cc(Nc3ccccc3)c(N)cc2N)cc1. The Morgan fingerprint density at radius 1 is 0.828 bits per heavy atom. The van der Waals surface area contributed by atoms with Gasteiger partial charge in [0.15, 0.2) is 0 Å². The number of anilines is 7. The van der Waals surface area contributed by atoms with Crippen molar-refractivity contribution in [2.75, 3.05) is 46.7 Å². The van der Waals surface area contributed by atoms with Crippen molar-refractivity contribution in [3.63, 3.8) is 0 Å². The van der Waals surface area contributed by atoms with Crippen molar-refractivity contribution in [3.05, 3.63) is 66.7 Å². The minimum Gasteiger partial charge on any atom is -0.397 e. The van der Waals surface area contributed by atoms with E-state index in [1.165, 1.54) is 0 Å². The monoisotopic (exact) mass is 391 g/mol. The van der Waals surface area contributed by atoms with E-state index >= 15 is 0 Å². The van der Waals surface area contributed by atoms with Crippen LogP contribution in [0.1, 0.15) is 13.3 Å². The lowest BCUT2D eigenvalue weighted by Crippen LogP contribution is -2.24. The molecule has 152 valence electrons. The largest absolute Gasteiger partial charge is 0.397 e. The average Bonchev–Trinajstić information content (AvgIpc) is 2.74. The molecule has 0 heterocycles. The van der Waals surface area contributed by atoms with Crippen LogP contribution in [0.15, 0.2) is 66.7 Å². The Morgan fingerprint density at radius 2 is 1.41 bits per heavy atom. The van der Waals surface area contributed by atoms with E-state index in [2.05, 4.69) is 34.6 Å². The highest BCUT2D eigenvalue weighted by Crippen LogP contribution is 2.33. The summed E-state index contributed by atoms with van der Waals surface area (Å²) in [5, 5.41) is 15.8. The van der Waals surface area contributed by atoms with Crippen LogP contribution in [0.2, 0.25) is 0 Å². The van der Waals surface area contributed by atoms with Crippen molar-refractivity contribution in [1.29, 1.82) is 0 Å². The van der Waals surface area contributed by atoms with Crippen LogP contribution in [0.4, 0.5) is 39.8 Å². The number of aliphatic hydroxyl groups excluding tert-OH is 1. The van der Waals surface area contributed by atoms with Gasteiger partial charge in [-0.1, -0.05) is 18.2 Å². The fourth-order valence-electron chi connectivity index (χ4n) is 3.17. The maximum Gasteiger partial charge on any atom is 0.0640 e. The highest BCUT2D eigenvalue weighted by molar-refractivity contribution is 5.85. The minimum absolute atomic E-state index is 0.200. The summed E-state index contributed by atoms with van der Waals surface area (Å²) in [4.78, 5) is 2.24. The van der Waals surface area contributed by atoms with Gasteiger partial charge in [0, 0.05) is 36.8 Å². The van der Waals surface area contributed by atoms with Crippen LogP contribution >= 0.6 is 0 Å². The van der Waals surface area contributed by atoms with Gasteiger partial charge in [-0.3, -0.25) is 0 Å². The smallest absolute Gasteiger partial charge is 0.0640 e. The highest BCUT2D eigenvalue weighted by atomic mass is 16.3. The van der Waals surface area contributed by atoms with Crippen LogP contribution in [0.25, 0.3) is 0 Å². The zero-order valence-electron chi connectivity index (χ0n) is 16.7. The number of nitrogen functional groups attached to an aromatic ring is 2. The zero-order valence-corrected chi connectivity index (χ0v) is 16.7. The van der Waals surface area contributed by atoms with Crippen molar-refractivity contribution in [2.24, 2.45) is 0 Å². The Hall–Kier alpha value is -3.38. The Morgan fingerprint density at radius 3 is 1.97 bits per heavy atom. The summed E-state index contributed by atoms with van der Waals surface area (Å²) in [6, 6.07) is 21.7. The number of hydrogen-bond acceptors (Lipinski definition) is 6. The van der Waals surface area contributed by atoms with E-state index in [1.807, 2.05) is 48.5 Å². The standard InChI is InChI=1S/C23H29N5O/c1-2-28(13-6-14-29)19-11-9-18(10-12-19)27-23-16-22(20(24)15-21(23)25)26-17-7-4-3-5-8-17/h3-5,7-12,15-16,26-27,29H,2,6,13-14,24-25H2,1H3. The number of para-hydroxylation sites is 1. The number of nitrogens with two attached hydrogens (primary N) is 2. The lowest BCUT2D eigenvalue weighted by atomic mass is 10.1. The van der Waals surface area contributed by atoms with Crippen molar-refractivity contribution in [2.45, 2.75) is 13.3 Å². The molecule has 0 radical (unpaired) electrons. The average molecular weight is 392 g/mol. The van der Waals surface area contributed by atoms with E-state index in [0.29, 0.717) is 11.4 Å². The summed E-state index contributed by atoms with van der Waals surface area (Å²) in [5.41, 5.74) is 18.1. The molecule has 3 aromatic carbocycles. The molecular formula is C23H29N5O. The first-order valence-electron chi connectivity index (χ1n) is 9.84. The minimum atomic E-state index is 0.200. The van der Waals surface area contributed by atoms with Gasteiger partial charge in [-0.05, 0) is 61.9 Å². The Bertz CT molecular complexity index is 913. The van der Waals surface area contributed by atoms with Crippen LogP contribution in [-0.2, 0) is 0 Å². The molecule has 0 unspecified atom stereocenters. The molecule has 0 amide bonds. The van der Waals surface area contributed by atoms with E-state index in [4.69, 9.17) is 16.6 Å². The van der Waals surface area contributed by atoms with Gasteiger partial charge < -0.3 is 32.1 Å². The Kier molecular flexibility index (Phi) is 6.81. The molecule has 0 spiro atoms. The van der Waals surface area contributed by atoms with Gasteiger partial charge in [0.05, 0.1) is 22.7 Å². The van der Waals surface area contributed by atoms with Gasteiger partial charge in [-0.15, -0.1) is 0 Å². The molecule has 3 rings (SSSR count). The molecule has 6 nitrogen and oxygen atoms in total. The summed E-state index contributed by atoms with van der Waals surface area (Å²) in [7, 11) is 0. The molecule has 6 heteroatoms. The van der Waals surface area contributed by atoms with Crippen LogP contribution < -0.4 is 27.0 Å². The molecule has 0 aliphatic heterocycles. The predicted octanol–water partition coefficient (Wildman–Crippen LogP) is 4.55. The van der Waals surface area contributed by atoms with E-state index in [-0.39, 0.29) is 6.61 Å². The molecule has 3 aromatic rings. The van der Waals surface area contributed by atoms with Gasteiger partial charge in [-0.25, -0.2) is 0 Å². The third-order valence-corrected chi connectivity index (χ3v) is 4.75. The van der Waals surface area contributed by atoms with Crippen molar-refractivity contribution < 1.29 is 5.11 Å². The number of nitrogens with zero attached hydrogens (tertiary/aromatic N) is 1. The van der Waals surface area contributed by atoms with Crippen LogP contribution in [0.3, 0.4) is 0 Å². The molecule has 0 aliphatic carbocycles. The highest BCUT2D eigenvalue weighted by Gasteiger charge is 2.08. The normalized spacial score (nSPS) is 10.6. The molecule has 29 heavy (non-hydrogen) atoms. The third-order valence-electron chi connectivity index (χ3n) is 4.75. The lowest BCUT2D eigenvalue weighted by molar-refractivity contribution is 0.289. The van der Waals surface area contributed by atoms with E-state index < -0.39 is 0 Å². The first kappa shape index (κ1) is 20.4. The van der Waals surface area contributed by atoms with Gasteiger partial charge in [0.2, 0.25) is 0 Å². The summed E-state index contributed by atoms with van der Waals surface area (Å²) < 4.78 is 0. The molecule has 0 saturated heterocycles. The van der Waals surface area contributed by atoms with Crippen molar-refractivity contribution >= 4 is 39.8 Å². The maximum atomic E-state index is 9.06. The second-order valence-electron chi connectivity index (χ2n) is 6.85. The number of nitrogens with one attached hydrogen (secondary N) is 2. The number of benzene rings is 3. The first-order valence-corrected chi connectivity index (χ1v) is 9.84. The molecule has 0 bridgehead atoms. The second kappa shape index (κ2) is 9.71. The maximum absolute atomic E-state index is 9.06. The zero-order chi connectivity index (χ0) is 20.6.